The van der Waals surface area contributed by atoms with Crippen LogP contribution in [0.5, 0.6) is 0 Å². The van der Waals surface area contributed by atoms with Gasteiger partial charge >= 0.3 is 0 Å². The van der Waals surface area contributed by atoms with Gasteiger partial charge in [-0.1, -0.05) is 52.9 Å². The summed E-state index contributed by atoms with van der Waals surface area (Å²) in [6, 6.07) is 14.3. The minimum absolute atomic E-state index is 0.522. The van der Waals surface area contributed by atoms with Gasteiger partial charge in [-0.25, -0.2) is 11.0 Å². The van der Waals surface area contributed by atoms with Gasteiger partial charge in [-0.15, -0.1) is 0 Å². The van der Waals surface area contributed by atoms with Gasteiger partial charge in [0.05, 0.1) is 11.4 Å². The van der Waals surface area contributed by atoms with E-state index in [1.165, 1.54) is 0 Å². The zero-order valence-corrected chi connectivity index (χ0v) is 9.59. The van der Waals surface area contributed by atoms with Crippen LogP contribution in [-0.4, -0.2) is 0 Å². The molecule has 0 bridgehead atoms. The van der Waals surface area contributed by atoms with Crippen LogP contribution in [0.25, 0.3) is 12.2 Å². The van der Waals surface area contributed by atoms with Gasteiger partial charge in [0.15, 0.2) is 0 Å². The minimum Gasteiger partial charge on any atom is -0.233 e. The molecule has 0 heterocycles. The summed E-state index contributed by atoms with van der Waals surface area (Å²) in [5.41, 5.74) is 6.55. The maximum Gasteiger partial charge on any atom is 0.0707 e. The Labute approximate surface area is 105 Å². The average molecular weight is 240 g/mol. The van der Waals surface area contributed by atoms with E-state index in [2.05, 4.69) is 0 Å². The van der Waals surface area contributed by atoms with Crippen molar-refractivity contribution in [1.29, 1.82) is 0 Å². The highest BCUT2D eigenvalue weighted by Gasteiger charge is 1.96. The zero-order chi connectivity index (χ0) is 12.8. The number of hydrogen-bond acceptors (Lipinski definition) is 2. The predicted molar refractivity (Wildman–Crippen MR) is 70.4 cm³/mol. The molecule has 90 valence electrons. The Hall–Kier alpha value is -2.30. The molecule has 0 aromatic heterocycles. The number of benzene rings is 2. The smallest absolute Gasteiger partial charge is 0.0707 e. The van der Waals surface area contributed by atoms with E-state index in [4.69, 9.17) is 0 Å². The van der Waals surface area contributed by atoms with Crippen LogP contribution in [0, 0.1) is 0 Å². The van der Waals surface area contributed by atoms with Crippen molar-refractivity contribution < 1.29 is 10.4 Å². The summed E-state index contributed by atoms with van der Waals surface area (Å²) in [6.45, 7) is 0. The monoisotopic (exact) mass is 240 g/mol. The van der Waals surface area contributed by atoms with Crippen LogP contribution < -0.4 is 11.0 Å². The molecule has 0 fully saturated rings. The molecular weight excluding hydrogens is 228 g/mol. The lowest BCUT2D eigenvalue weighted by Crippen LogP contribution is -1.89. The van der Waals surface area contributed by atoms with Crippen LogP contribution in [0.3, 0.4) is 0 Å². The molecule has 0 spiro atoms. The molecule has 2 radical (unpaired) electrons. The SMILES string of the molecule is [O]Nc1ccc(/C=C/c2ccccc2N[O])cc1. The molecule has 0 atom stereocenters. The molecule has 0 amide bonds. The summed E-state index contributed by atoms with van der Waals surface area (Å²) in [7, 11) is 0. The van der Waals surface area contributed by atoms with E-state index in [0.717, 1.165) is 11.1 Å². The quantitative estimate of drug-likeness (QED) is 0.635. The molecular formula is C14H12N2O2. The summed E-state index contributed by atoms with van der Waals surface area (Å²) in [5, 5.41) is 21.1. The Kier molecular flexibility index (Phi) is 3.96. The first kappa shape index (κ1) is 12.2. The second kappa shape index (κ2) is 5.86. The van der Waals surface area contributed by atoms with Gasteiger partial charge in [0, 0.05) is 5.56 Å². The van der Waals surface area contributed by atoms with Crippen molar-refractivity contribution in [1.82, 2.24) is 0 Å². The number of para-hydroxylation sites is 1. The van der Waals surface area contributed by atoms with Crippen molar-refractivity contribution in [3.63, 3.8) is 0 Å². The van der Waals surface area contributed by atoms with Crippen LogP contribution in [-0.2, 0) is 10.4 Å². The van der Waals surface area contributed by atoms with E-state index in [0.29, 0.717) is 11.4 Å². The molecule has 2 aromatic rings. The van der Waals surface area contributed by atoms with E-state index in [1.807, 2.05) is 47.4 Å². The summed E-state index contributed by atoms with van der Waals surface area (Å²) in [5.74, 6) is 0. The third kappa shape index (κ3) is 2.88. The first-order chi connectivity index (χ1) is 8.83. The number of hydrogen-bond donors (Lipinski definition) is 2. The van der Waals surface area contributed by atoms with Crippen molar-refractivity contribution in [2.75, 3.05) is 11.0 Å². The number of rotatable bonds is 4. The molecule has 18 heavy (non-hydrogen) atoms. The lowest BCUT2D eigenvalue weighted by molar-refractivity contribution is 0.274. The molecule has 0 aliphatic heterocycles. The Morgan fingerprint density at radius 2 is 1.50 bits per heavy atom. The topological polar surface area (TPSA) is 63.9 Å². The highest BCUT2D eigenvalue weighted by Crippen LogP contribution is 2.18. The van der Waals surface area contributed by atoms with E-state index in [-0.39, 0.29) is 0 Å². The minimum atomic E-state index is 0.522. The highest BCUT2D eigenvalue weighted by molar-refractivity contribution is 5.76. The molecule has 2 rings (SSSR count). The molecule has 2 N–H and O–H groups in total. The van der Waals surface area contributed by atoms with Gasteiger partial charge in [-0.3, -0.25) is 0 Å². The van der Waals surface area contributed by atoms with Crippen molar-refractivity contribution in [2.24, 2.45) is 0 Å². The Morgan fingerprint density at radius 3 is 2.17 bits per heavy atom. The Bertz CT molecular complexity index is 536. The van der Waals surface area contributed by atoms with Crippen molar-refractivity contribution in [3.05, 3.63) is 59.7 Å². The maximum atomic E-state index is 10.7. The summed E-state index contributed by atoms with van der Waals surface area (Å²) in [6.07, 6.45) is 3.73. The fourth-order valence-corrected chi connectivity index (χ4v) is 1.58. The fourth-order valence-electron chi connectivity index (χ4n) is 1.58. The lowest BCUT2D eigenvalue weighted by Gasteiger charge is -2.01. The van der Waals surface area contributed by atoms with Crippen LogP contribution in [0.1, 0.15) is 11.1 Å². The van der Waals surface area contributed by atoms with Gasteiger partial charge in [0.2, 0.25) is 0 Å². The lowest BCUT2D eigenvalue weighted by atomic mass is 10.1. The Morgan fingerprint density at radius 1 is 0.778 bits per heavy atom. The van der Waals surface area contributed by atoms with Gasteiger partial charge in [0.25, 0.3) is 0 Å². The van der Waals surface area contributed by atoms with E-state index >= 15 is 0 Å². The molecule has 0 saturated heterocycles. The van der Waals surface area contributed by atoms with E-state index in [9.17, 15) is 10.4 Å². The summed E-state index contributed by atoms with van der Waals surface area (Å²) in [4.78, 5) is 0. The summed E-state index contributed by atoms with van der Waals surface area (Å²) < 4.78 is 0. The second-order valence-corrected chi connectivity index (χ2v) is 3.75. The second-order valence-electron chi connectivity index (χ2n) is 3.75. The van der Waals surface area contributed by atoms with E-state index < -0.39 is 0 Å². The van der Waals surface area contributed by atoms with Gasteiger partial charge < -0.3 is 0 Å². The Balaban J connectivity index is 2.19. The molecule has 0 aliphatic carbocycles. The molecule has 0 saturated carbocycles. The number of nitrogens with one attached hydrogen (secondary N) is 2. The van der Waals surface area contributed by atoms with E-state index in [1.54, 1.807) is 24.3 Å². The molecule has 4 heteroatoms. The third-order valence-electron chi connectivity index (χ3n) is 2.55. The fraction of sp³-hybridized carbons (Fsp3) is 0. The van der Waals surface area contributed by atoms with Crippen LogP contribution >= 0.6 is 0 Å². The van der Waals surface area contributed by atoms with Gasteiger partial charge in [-0.2, -0.15) is 0 Å². The molecule has 0 unspecified atom stereocenters. The first-order valence-corrected chi connectivity index (χ1v) is 5.47. The van der Waals surface area contributed by atoms with Crippen molar-refractivity contribution in [2.45, 2.75) is 0 Å². The van der Waals surface area contributed by atoms with Crippen molar-refractivity contribution in [3.8, 4) is 0 Å². The highest BCUT2D eigenvalue weighted by atomic mass is 16.5. The maximum absolute atomic E-state index is 10.7. The van der Waals surface area contributed by atoms with Gasteiger partial charge in [-0.05, 0) is 23.8 Å². The number of anilines is 2. The molecule has 2 aromatic carbocycles. The van der Waals surface area contributed by atoms with Crippen LogP contribution in [0.2, 0.25) is 0 Å². The van der Waals surface area contributed by atoms with Crippen LogP contribution in [0.4, 0.5) is 11.4 Å². The predicted octanol–water partition coefficient (Wildman–Crippen LogP) is 3.37. The molecule has 4 nitrogen and oxygen atoms in total. The zero-order valence-electron chi connectivity index (χ0n) is 9.59. The van der Waals surface area contributed by atoms with Gasteiger partial charge in [0.1, 0.15) is 0 Å². The normalized spacial score (nSPS) is 10.6. The summed E-state index contributed by atoms with van der Waals surface area (Å²) >= 11 is 0. The third-order valence-corrected chi connectivity index (χ3v) is 2.55. The largest absolute Gasteiger partial charge is 0.233 e. The standard InChI is InChI=1S/C14H12N2O2/c17-15-13-9-6-11(7-10-13)5-8-12-3-1-2-4-14(12)16-18/h1-10,15-16H/b8-5+. The molecule has 0 aliphatic rings. The average Bonchev–Trinajstić information content (AvgIpc) is 2.46. The van der Waals surface area contributed by atoms with Crippen molar-refractivity contribution >= 4 is 23.5 Å². The first-order valence-electron chi connectivity index (χ1n) is 5.47. The van der Waals surface area contributed by atoms with Crippen LogP contribution in [0.15, 0.2) is 48.5 Å².